The summed E-state index contributed by atoms with van der Waals surface area (Å²) in [6.07, 6.45) is 0.758. The predicted octanol–water partition coefficient (Wildman–Crippen LogP) is 0.167. The Bertz CT molecular complexity index is 148. The van der Waals surface area contributed by atoms with Gasteiger partial charge in [0.1, 0.15) is 0 Å². The molecule has 42 valence electrons. The SMILES string of the molecule is CCS(=O)(I)=BO. The first-order chi connectivity index (χ1) is 3.12. The van der Waals surface area contributed by atoms with Crippen LogP contribution in [0.3, 0.4) is 0 Å². The Labute approximate surface area is 56.0 Å². The fourth-order valence-electron chi connectivity index (χ4n) is 0.0745. The van der Waals surface area contributed by atoms with Crippen molar-refractivity contribution >= 4 is 34.1 Å². The topological polar surface area (TPSA) is 37.3 Å². The van der Waals surface area contributed by atoms with Crippen LogP contribution in [-0.2, 0) is 6.53 Å². The summed E-state index contributed by atoms with van der Waals surface area (Å²) in [6.45, 7) is -0.241. The summed E-state index contributed by atoms with van der Waals surface area (Å²) < 4.78 is 10.6. The van der Waals surface area contributed by atoms with Crippen molar-refractivity contribution < 1.29 is 9.23 Å². The van der Waals surface area contributed by atoms with Gasteiger partial charge in [-0.05, 0) is 0 Å². The molecule has 0 saturated heterocycles. The second-order valence-electron chi connectivity index (χ2n) is 1.04. The van der Waals surface area contributed by atoms with Crippen LogP contribution < -0.4 is 0 Å². The molecule has 0 rings (SSSR count). The number of halogens is 1. The van der Waals surface area contributed by atoms with E-state index in [1.54, 1.807) is 28.1 Å². The molecule has 0 aromatic rings. The minimum absolute atomic E-state index is 0.504. The second-order valence-corrected chi connectivity index (χ2v) is 7.58. The molecular formula is C2H6BIO2S. The fourth-order valence-corrected chi connectivity index (χ4v) is 0.224. The summed E-state index contributed by atoms with van der Waals surface area (Å²) in [4.78, 5) is 0. The van der Waals surface area contributed by atoms with Gasteiger partial charge in [0.15, 0.2) is 0 Å². The van der Waals surface area contributed by atoms with Gasteiger partial charge in [0.05, 0.1) is 0 Å². The van der Waals surface area contributed by atoms with Gasteiger partial charge >= 0.3 is 56.0 Å². The van der Waals surface area contributed by atoms with Crippen molar-refractivity contribution in [2.24, 2.45) is 0 Å². The average Bonchev–Trinajstić information content (AvgIpc) is 1.68. The van der Waals surface area contributed by atoms with E-state index in [2.05, 4.69) is 0 Å². The zero-order valence-corrected chi connectivity index (χ0v) is 6.90. The first kappa shape index (κ1) is 7.90. The van der Waals surface area contributed by atoms with E-state index in [1.807, 2.05) is 0 Å². The number of hydrogen-bond acceptors (Lipinski definition) is 1. The molecular weight excluding hydrogens is 226 g/mol. The summed E-state index contributed by atoms with van der Waals surface area (Å²) in [6, 6.07) is 0. The monoisotopic (exact) mass is 232 g/mol. The molecule has 0 amide bonds. The van der Waals surface area contributed by atoms with Crippen LogP contribution in [-0.4, -0.2) is 21.3 Å². The quantitative estimate of drug-likeness (QED) is 0.397. The van der Waals surface area contributed by atoms with Crippen LogP contribution in [0.25, 0.3) is 0 Å². The average molecular weight is 232 g/mol. The molecule has 1 N–H and O–H groups in total. The fraction of sp³-hybridized carbons (Fsp3) is 1.00. The predicted molar refractivity (Wildman–Crippen MR) is 40.7 cm³/mol. The molecule has 0 saturated carbocycles. The van der Waals surface area contributed by atoms with Crippen molar-refractivity contribution in [1.29, 1.82) is 0 Å². The molecule has 0 radical (unpaired) electrons. The first-order valence-electron chi connectivity index (χ1n) is 1.81. The standard InChI is InChI=1S/C2H6BIO2S/c1-2-7(4,6)3-5/h5H,2H2,1H3. The third-order valence-corrected chi connectivity index (χ3v) is 4.20. The van der Waals surface area contributed by atoms with Crippen LogP contribution >= 0.6 is 21.2 Å². The van der Waals surface area contributed by atoms with Crippen LogP contribution in [0.5, 0.6) is 0 Å². The van der Waals surface area contributed by atoms with Gasteiger partial charge in [0.25, 0.3) is 0 Å². The van der Waals surface area contributed by atoms with Gasteiger partial charge in [-0.1, -0.05) is 0 Å². The second kappa shape index (κ2) is 3.04. The molecule has 0 spiro atoms. The third-order valence-electron chi connectivity index (χ3n) is 0.551. The molecule has 0 aromatic carbocycles. The molecule has 2 nitrogen and oxygen atoms in total. The van der Waals surface area contributed by atoms with Gasteiger partial charge in [0.2, 0.25) is 0 Å². The molecule has 0 aliphatic heterocycles. The van der Waals surface area contributed by atoms with Crippen LogP contribution in [0, 0.1) is 0 Å². The normalized spacial score (nSPS) is 17.6. The molecule has 0 aromatic heterocycles. The van der Waals surface area contributed by atoms with E-state index in [0.717, 1.165) is 6.36 Å². The minimum atomic E-state index is -2.01. The van der Waals surface area contributed by atoms with Crippen molar-refractivity contribution in [3.63, 3.8) is 0 Å². The van der Waals surface area contributed by atoms with E-state index in [0.29, 0.717) is 5.75 Å². The maximum atomic E-state index is 10.6. The van der Waals surface area contributed by atoms with E-state index in [9.17, 15) is 4.21 Å². The van der Waals surface area contributed by atoms with Crippen molar-refractivity contribution in [2.45, 2.75) is 6.92 Å². The molecule has 0 heterocycles. The van der Waals surface area contributed by atoms with Gasteiger partial charge in [0, 0.05) is 0 Å². The van der Waals surface area contributed by atoms with E-state index >= 15 is 0 Å². The molecule has 1 atom stereocenters. The Morgan fingerprint density at radius 2 is 2.43 bits per heavy atom. The van der Waals surface area contributed by atoms with Gasteiger partial charge in [-0.2, -0.15) is 0 Å². The van der Waals surface area contributed by atoms with Gasteiger partial charge in [-0.3, -0.25) is 0 Å². The van der Waals surface area contributed by atoms with Crippen LogP contribution in [0.4, 0.5) is 0 Å². The molecule has 7 heavy (non-hydrogen) atoms. The summed E-state index contributed by atoms with van der Waals surface area (Å²) in [5.41, 5.74) is 0. The van der Waals surface area contributed by atoms with E-state index in [4.69, 9.17) is 5.02 Å². The third kappa shape index (κ3) is 3.48. The van der Waals surface area contributed by atoms with Crippen LogP contribution in [0.2, 0.25) is 0 Å². The van der Waals surface area contributed by atoms with Gasteiger partial charge < -0.3 is 0 Å². The maximum absolute atomic E-state index is 10.6. The zero-order chi connectivity index (χ0) is 5.91. The number of rotatable bonds is 1. The van der Waals surface area contributed by atoms with Crippen LogP contribution in [0.15, 0.2) is 0 Å². The Kier molecular flexibility index (Phi) is 3.43. The van der Waals surface area contributed by atoms with Gasteiger partial charge in [-0.15, -0.1) is 0 Å². The van der Waals surface area contributed by atoms with Crippen molar-refractivity contribution in [3.8, 4) is 0 Å². The summed E-state index contributed by atoms with van der Waals surface area (Å²) in [7, 11) is 0. The molecule has 0 bridgehead atoms. The van der Waals surface area contributed by atoms with E-state index in [1.165, 1.54) is 0 Å². The van der Waals surface area contributed by atoms with Crippen LogP contribution in [0.1, 0.15) is 6.92 Å². The Morgan fingerprint density at radius 1 is 2.00 bits per heavy atom. The molecule has 1 unspecified atom stereocenters. The Morgan fingerprint density at radius 3 is 2.43 bits per heavy atom. The summed E-state index contributed by atoms with van der Waals surface area (Å²) in [5.74, 6) is 0.504. The summed E-state index contributed by atoms with van der Waals surface area (Å²) in [5, 5.41) is 8.19. The van der Waals surface area contributed by atoms with Crippen molar-refractivity contribution in [2.75, 3.05) is 5.75 Å². The summed E-state index contributed by atoms with van der Waals surface area (Å²) >= 11 is 1.73. The first-order valence-corrected chi connectivity index (χ1v) is 6.14. The van der Waals surface area contributed by atoms with Crippen molar-refractivity contribution in [3.05, 3.63) is 0 Å². The molecule has 0 aliphatic rings. The molecule has 0 fully saturated rings. The van der Waals surface area contributed by atoms with Gasteiger partial charge in [-0.25, -0.2) is 0 Å². The molecule has 0 aliphatic carbocycles. The van der Waals surface area contributed by atoms with E-state index in [-0.39, 0.29) is 0 Å². The zero-order valence-electron chi connectivity index (χ0n) is 3.93. The molecule has 5 heteroatoms. The Balaban J connectivity index is 4.17. The van der Waals surface area contributed by atoms with E-state index < -0.39 is 6.53 Å². The number of hydrogen-bond donors (Lipinski definition) is 1. The Hall–Kier alpha value is 0.905. The van der Waals surface area contributed by atoms with Crippen molar-refractivity contribution in [1.82, 2.24) is 0 Å².